The standard InChI is InChI=1S/C11H14BrN7O/c1-3-4-13-9-8(5-7(12)6-14-9)10(20)15-11-16-18-19(2)17-11/h5-6H,3-4H2,1-2H3,(H,13,14)(H,15,17,20). The van der Waals surface area contributed by atoms with Gasteiger partial charge in [0.1, 0.15) is 5.82 Å². The van der Waals surface area contributed by atoms with E-state index >= 15 is 0 Å². The first kappa shape index (κ1) is 14.4. The summed E-state index contributed by atoms with van der Waals surface area (Å²) in [5, 5.41) is 17.0. The minimum atomic E-state index is -0.342. The zero-order valence-electron chi connectivity index (χ0n) is 11.1. The second-order valence-corrected chi connectivity index (χ2v) is 4.95. The van der Waals surface area contributed by atoms with Crippen molar-refractivity contribution in [2.24, 2.45) is 7.05 Å². The number of aromatic nitrogens is 5. The Balaban J connectivity index is 2.21. The molecule has 0 saturated carbocycles. The fourth-order valence-electron chi connectivity index (χ4n) is 1.50. The molecule has 1 amide bonds. The Labute approximate surface area is 124 Å². The molecule has 0 aliphatic heterocycles. The molecule has 106 valence electrons. The largest absolute Gasteiger partial charge is 0.369 e. The van der Waals surface area contributed by atoms with Crippen LogP contribution in [0.3, 0.4) is 0 Å². The van der Waals surface area contributed by atoms with E-state index in [-0.39, 0.29) is 11.9 Å². The summed E-state index contributed by atoms with van der Waals surface area (Å²) in [6.45, 7) is 2.77. The van der Waals surface area contributed by atoms with Crippen molar-refractivity contribution < 1.29 is 4.79 Å². The second-order valence-electron chi connectivity index (χ2n) is 4.03. The lowest BCUT2D eigenvalue weighted by Crippen LogP contribution is -2.17. The number of amides is 1. The summed E-state index contributed by atoms with van der Waals surface area (Å²) in [7, 11) is 1.62. The van der Waals surface area contributed by atoms with Crippen LogP contribution in [0, 0.1) is 0 Å². The van der Waals surface area contributed by atoms with Gasteiger partial charge in [-0.05, 0) is 33.6 Å². The van der Waals surface area contributed by atoms with Crippen molar-refractivity contribution >= 4 is 33.6 Å². The maximum absolute atomic E-state index is 12.2. The van der Waals surface area contributed by atoms with Crippen molar-refractivity contribution in [1.82, 2.24) is 25.2 Å². The molecule has 0 aliphatic carbocycles. The van der Waals surface area contributed by atoms with Gasteiger partial charge in [0.2, 0.25) is 0 Å². The van der Waals surface area contributed by atoms with Crippen LogP contribution in [-0.2, 0) is 7.05 Å². The summed E-state index contributed by atoms with van der Waals surface area (Å²) < 4.78 is 0.719. The molecule has 2 heterocycles. The molecule has 0 aliphatic rings. The molecule has 0 atom stereocenters. The lowest BCUT2D eigenvalue weighted by molar-refractivity contribution is 0.102. The van der Waals surface area contributed by atoms with Crippen LogP contribution in [0.5, 0.6) is 0 Å². The molecule has 9 heteroatoms. The van der Waals surface area contributed by atoms with Crippen molar-refractivity contribution in [2.75, 3.05) is 17.2 Å². The first-order chi connectivity index (χ1) is 9.60. The van der Waals surface area contributed by atoms with Gasteiger partial charge in [-0.3, -0.25) is 10.1 Å². The summed E-state index contributed by atoms with van der Waals surface area (Å²) >= 11 is 3.30. The molecule has 8 nitrogen and oxygen atoms in total. The van der Waals surface area contributed by atoms with Crippen molar-refractivity contribution in [1.29, 1.82) is 0 Å². The predicted octanol–water partition coefficient (Wildman–Crippen LogP) is 1.44. The lowest BCUT2D eigenvalue weighted by Gasteiger charge is -2.09. The van der Waals surface area contributed by atoms with E-state index in [1.807, 2.05) is 6.92 Å². The highest BCUT2D eigenvalue weighted by molar-refractivity contribution is 9.10. The molecule has 2 aromatic rings. The Bertz CT molecular complexity index is 613. The number of nitrogens with one attached hydrogen (secondary N) is 2. The van der Waals surface area contributed by atoms with Crippen LogP contribution in [0.2, 0.25) is 0 Å². The Hall–Kier alpha value is -2.03. The van der Waals surface area contributed by atoms with Gasteiger partial charge >= 0.3 is 0 Å². The number of hydrogen-bond acceptors (Lipinski definition) is 6. The van der Waals surface area contributed by atoms with E-state index in [9.17, 15) is 4.79 Å². The van der Waals surface area contributed by atoms with Gasteiger partial charge in [-0.1, -0.05) is 12.0 Å². The molecular weight excluding hydrogens is 326 g/mol. The van der Waals surface area contributed by atoms with Gasteiger partial charge in [-0.15, -0.1) is 5.10 Å². The third-order valence-electron chi connectivity index (χ3n) is 2.38. The van der Waals surface area contributed by atoms with Gasteiger partial charge < -0.3 is 5.32 Å². The summed E-state index contributed by atoms with van der Waals surface area (Å²) in [5.41, 5.74) is 0.417. The smallest absolute Gasteiger partial charge is 0.270 e. The van der Waals surface area contributed by atoms with Crippen LogP contribution in [0.1, 0.15) is 23.7 Å². The van der Waals surface area contributed by atoms with Crippen LogP contribution in [0.15, 0.2) is 16.7 Å². The predicted molar refractivity (Wildman–Crippen MR) is 77.5 cm³/mol. The van der Waals surface area contributed by atoms with Gasteiger partial charge in [0, 0.05) is 17.2 Å². The number of pyridine rings is 1. The van der Waals surface area contributed by atoms with Crippen molar-refractivity contribution in [3.8, 4) is 0 Å². The number of anilines is 2. The molecule has 0 saturated heterocycles. The molecule has 0 radical (unpaired) electrons. The van der Waals surface area contributed by atoms with E-state index in [2.05, 4.69) is 47.0 Å². The lowest BCUT2D eigenvalue weighted by atomic mass is 10.2. The van der Waals surface area contributed by atoms with Crippen molar-refractivity contribution in [3.05, 3.63) is 22.3 Å². The number of hydrogen-bond donors (Lipinski definition) is 2. The number of halogens is 1. The molecule has 0 aromatic carbocycles. The first-order valence-corrected chi connectivity index (χ1v) is 6.84. The van der Waals surface area contributed by atoms with Gasteiger partial charge in [-0.2, -0.15) is 4.80 Å². The quantitative estimate of drug-likeness (QED) is 0.855. The Morgan fingerprint density at radius 3 is 2.95 bits per heavy atom. The molecule has 2 aromatic heterocycles. The Morgan fingerprint density at radius 1 is 1.50 bits per heavy atom. The van der Waals surface area contributed by atoms with E-state index < -0.39 is 0 Å². The highest BCUT2D eigenvalue weighted by Gasteiger charge is 2.15. The van der Waals surface area contributed by atoms with E-state index in [1.165, 1.54) is 4.80 Å². The van der Waals surface area contributed by atoms with Crippen molar-refractivity contribution in [3.63, 3.8) is 0 Å². The van der Waals surface area contributed by atoms with E-state index in [4.69, 9.17) is 0 Å². The van der Waals surface area contributed by atoms with Crippen molar-refractivity contribution in [2.45, 2.75) is 13.3 Å². The van der Waals surface area contributed by atoms with Gasteiger partial charge in [0.25, 0.3) is 11.9 Å². The number of nitrogens with zero attached hydrogens (tertiary/aromatic N) is 5. The van der Waals surface area contributed by atoms with E-state index in [0.29, 0.717) is 11.4 Å². The number of carbonyl (C=O) groups is 1. The molecule has 0 spiro atoms. The van der Waals surface area contributed by atoms with E-state index in [1.54, 1.807) is 19.3 Å². The minimum Gasteiger partial charge on any atom is -0.369 e. The van der Waals surface area contributed by atoms with Crippen LogP contribution < -0.4 is 10.6 Å². The maximum Gasteiger partial charge on any atom is 0.270 e. The highest BCUT2D eigenvalue weighted by atomic mass is 79.9. The zero-order chi connectivity index (χ0) is 14.5. The van der Waals surface area contributed by atoms with Gasteiger partial charge in [-0.25, -0.2) is 4.98 Å². The minimum absolute atomic E-state index is 0.152. The topological polar surface area (TPSA) is 97.6 Å². The number of aryl methyl sites for hydroxylation is 1. The average molecular weight is 340 g/mol. The molecule has 2 rings (SSSR count). The second kappa shape index (κ2) is 6.42. The fourth-order valence-corrected chi connectivity index (χ4v) is 1.83. The summed E-state index contributed by atoms with van der Waals surface area (Å²) in [4.78, 5) is 17.7. The van der Waals surface area contributed by atoms with Gasteiger partial charge in [0.15, 0.2) is 0 Å². The van der Waals surface area contributed by atoms with Crippen LogP contribution in [-0.4, -0.2) is 37.6 Å². The summed E-state index contributed by atoms with van der Waals surface area (Å²) in [5.74, 6) is 0.334. The number of rotatable bonds is 5. The summed E-state index contributed by atoms with van der Waals surface area (Å²) in [6, 6.07) is 1.69. The molecule has 0 fully saturated rings. The molecular formula is C11H14BrN7O. The van der Waals surface area contributed by atoms with Crippen LogP contribution >= 0.6 is 15.9 Å². The monoisotopic (exact) mass is 339 g/mol. The molecule has 0 bridgehead atoms. The van der Waals surface area contributed by atoms with Crippen LogP contribution in [0.25, 0.3) is 0 Å². The highest BCUT2D eigenvalue weighted by Crippen LogP contribution is 2.19. The normalized spacial score (nSPS) is 10.3. The number of tetrazole rings is 1. The SMILES string of the molecule is CCCNc1ncc(Br)cc1C(=O)Nc1nnn(C)n1. The fraction of sp³-hybridized carbons (Fsp3) is 0.364. The molecule has 2 N–H and O–H groups in total. The zero-order valence-corrected chi connectivity index (χ0v) is 12.7. The maximum atomic E-state index is 12.2. The molecule has 0 unspecified atom stereocenters. The average Bonchev–Trinajstić information content (AvgIpc) is 2.82. The van der Waals surface area contributed by atoms with Crippen LogP contribution in [0.4, 0.5) is 11.8 Å². The summed E-state index contributed by atoms with van der Waals surface area (Å²) in [6.07, 6.45) is 2.57. The Kier molecular flexibility index (Phi) is 4.61. The third-order valence-corrected chi connectivity index (χ3v) is 2.81. The Morgan fingerprint density at radius 2 is 2.30 bits per heavy atom. The first-order valence-electron chi connectivity index (χ1n) is 6.05. The number of carbonyl (C=O) groups excluding carboxylic acids is 1. The third kappa shape index (κ3) is 3.50. The van der Waals surface area contributed by atoms with Gasteiger partial charge in [0.05, 0.1) is 12.6 Å². The van der Waals surface area contributed by atoms with E-state index in [0.717, 1.165) is 17.4 Å². The molecule has 20 heavy (non-hydrogen) atoms.